The van der Waals surface area contributed by atoms with Gasteiger partial charge < -0.3 is 10.1 Å². The van der Waals surface area contributed by atoms with Crippen molar-refractivity contribution >= 4 is 35.0 Å². The van der Waals surface area contributed by atoms with Gasteiger partial charge in [0, 0.05) is 11.8 Å². The van der Waals surface area contributed by atoms with Crippen LogP contribution in [0.3, 0.4) is 0 Å². The number of carbonyl (C=O) groups is 1. The van der Waals surface area contributed by atoms with Crippen LogP contribution >= 0.6 is 23.4 Å². The van der Waals surface area contributed by atoms with Crippen LogP contribution in [-0.2, 0) is 16.1 Å². The van der Waals surface area contributed by atoms with Crippen molar-refractivity contribution in [1.82, 2.24) is 9.78 Å². The first-order valence-electron chi connectivity index (χ1n) is 6.79. The Morgan fingerprint density at radius 1 is 1.62 bits per heavy atom. The lowest BCUT2D eigenvalue weighted by molar-refractivity contribution is -0.141. The van der Waals surface area contributed by atoms with Gasteiger partial charge in [0.2, 0.25) is 0 Å². The molecule has 1 N–H and O–H groups in total. The van der Waals surface area contributed by atoms with E-state index in [9.17, 15) is 9.59 Å². The molecule has 0 aromatic carbocycles. The van der Waals surface area contributed by atoms with Gasteiger partial charge in [-0.3, -0.25) is 9.59 Å². The van der Waals surface area contributed by atoms with Crippen LogP contribution in [0.2, 0.25) is 5.02 Å². The van der Waals surface area contributed by atoms with Gasteiger partial charge in [-0.15, -0.1) is 0 Å². The summed E-state index contributed by atoms with van der Waals surface area (Å²) in [4.78, 5) is 23.2. The first-order chi connectivity index (χ1) is 10.1. The van der Waals surface area contributed by atoms with E-state index in [1.54, 1.807) is 0 Å². The molecule has 2 rings (SSSR count). The molecule has 21 heavy (non-hydrogen) atoms. The van der Waals surface area contributed by atoms with E-state index in [0.29, 0.717) is 10.9 Å². The minimum Gasteiger partial charge on any atom is -0.468 e. The summed E-state index contributed by atoms with van der Waals surface area (Å²) in [5, 5.41) is 7.70. The fourth-order valence-corrected chi connectivity index (χ4v) is 3.53. The number of nitrogens with zero attached hydrogens (tertiary/aromatic N) is 2. The zero-order chi connectivity index (χ0) is 15.2. The molecule has 0 saturated carbocycles. The third kappa shape index (κ3) is 4.38. The Bertz CT molecular complexity index is 558. The van der Waals surface area contributed by atoms with E-state index in [4.69, 9.17) is 11.6 Å². The number of carbonyl (C=O) groups excluding carboxylic acids is 1. The molecule has 1 fully saturated rings. The van der Waals surface area contributed by atoms with Crippen LogP contribution in [0.4, 0.5) is 5.69 Å². The summed E-state index contributed by atoms with van der Waals surface area (Å²) in [6, 6.07) is 0. The highest BCUT2D eigenvalue weighted by molar-refractivity contribution is 7.99. The van der Waals surface area contributed by atoms with E-state index in [0.717, 1.165) is 11.2 Å². The smallest absolute Gasteiger partial charge is 0.327 e. The summed E-state index contributed by atoms with van der Waals surface area (Å²) in [5.74, 6) is 0.638. The maximum absolute atomic E-state index is 12.0. The largest absolute Gasteiger partial charge is 0.468 e. The van der Waals surface area contributed by atoms with Crippen LogP contribution in [0.15, 0.2) is 11.0 Å². The lowest BCUT2D eigenvalue weighted by Gasteiger charge is -2.22. The van der Waals surface area contributed by atoms with Gasteiger partial charge in [0.15, 0.2) is 0 Å². The second-order valence-corrected chi connectivity index (χ2v) is 6.57. The Morgan fingerprint density at radius 2 is 2.43 bits per heavy atom. The van der Waals surface area contributed by atoms with E-state index in [2.05, 4.69) is 15.2 Å². The molecule has 116 valence electrons. The van der Waals surface area contributed by atoms with Gasteiger partial charge in [-0.1, -0.05) is 18.0 Å². The fourth-order valence-electron chi connectivity index (χ4n) is 2.08. The highest BCUT2D eigenvalue weighted by Crippen LogP contribution is 2.26. The van der Waals surface area contributed by atoms with Crippen LogP contribution in [0.1, 0.15) is 19.3 Å². The van der Waals surface area contributed by atoms with Gasteiger partial charge in [-0.05, 0) is 18.6 Å². The van der Waals surface area contributed by atoms with Crippen LogP contribution < -0.4 is 10.9 Å². The summed E-state index contributed by atoms with van der Waals surface area (Å²) in [6.45, 7) is 0.514. The number of methoxy groups -OCH3 is 1. The highest BCUT2D eigenvalue weighted by atomic mass is 35.5. The maximum Gasteiger partial charge on any atom is 0.327 e. The normalized spacial score (nSPS) is 18.3. The zero-order valence-corrected chi connectivity index (χ0v) is 13.4. The number of esters is 1. The molecule has 1 aliphatic heterocycles. The minimum atomic E-state index is -0.542. The first kappa shape index (κ1) is 16.2. The quantitative estimate of drug-likeness (QED) is 0.829. The average Bonchev–Trinajstić information content (AvgIpc) is 2.52. The molecule has 0 radical (unpaired) electrons. The molecule has 1 aromatic rings. The number of thioether (sulfide) groups is 1. The number of anilines is 1. The van der Waals surface area contributed by atoms with Crippen molar-refractivity contribution in [2.75, 3.05) is 24.7 Å². The Balaban J connectivity index is 2.02. The van der Waals surface area contributed by atoms with E-state index in [1.807, 2.05) is 11.8 Å². The Kier molecular flexibility index (Phi) is 5.93. The molecule has 0 bridgehead atoms. The van der Waals surface area contributed by atoms with Crippen molar-refractivity contribution in [3.8, 4) is 0 Å². The van der Waals surface area contributed by atoms with Crippen molar-refractivity contribution in [3.63, 3.8) is 0 Å². The zero-order valence-electron chi connectivity index (χ0n) is 11.8. The van der Waals surface area contributed by atoms with E-state index < -0.39 is 11.5 Å². The number of ether oxygens (including phenoxy) is 1. The van der Waals surface area contributed by atoms with Gasteiger partial charge in [-0.2, -0.15) is 16.9 Å². The predicted molar refractivity (Wildman–Crippen MR) is 84.1 cm³/mol. The Morgan fingerprint density at radius 3 is 3.10 bits per heavy atom. The van der Waals surface area contributed by atoms with Crippen molar-refractivity contribution in [3.05, 3.63) is 21.6 Å². The van der Waals surface area contributed by atoms with Crippen molar-refractivity contribution in [2.45, 2.75) is 31.1 Å². The lowest BCUT2D eigenvalue weighted by atomic mass is 10.2. The van der Waals surface area contributed by atoms with Crippen molar-refractivity contribution in [2.24, 2.45) is 0 Å². The molecule has 6 nitrogen and oxygen atoms in total. The second kappa shape index (κ2) is 7.70. The van der Waals surface area contributed by atoms with Gasteiger partial charge in [0.1, 0.15) is 11.6 Å². The fraction of sp³-hybridized carbons (Fsp3) is 0.615. The summed E-state index contributed by atoms with van der Waals surface area (Å²) in [7, 11) is 1.26. The van der Waals surface area contributed by atoms with E-state index in [-0.39, 0.29) is 11.6 Å². The first-order valence-corrected chi connectivity index (χ1v) is 8.22. The van der Waals surface area contributed by atoms with Gasteiger partial charge in [0.25, 0.3) is 5.56 Å². The number of aromatic nitrogens is 2. The summed E-state index contributed by atoms with van der Waals surface area (Å²) >= 11 is 7.98. The van der Waals surface area contributed by atoms with Crippen LogP contribution in [0.5, 0.6) is 0 Å². The molecule has 0 amide bonds. The molecule has 1 unspecified atom stereocenters. The third-order valence-electron chi connectivity index (χ3n) is 3.29. The Labute approximate surface area is 132 Å². The number of rotatable bonds is 5. The third-order valence-corrected chi connectivity index (χ3v) is 5.05. The molecule has 1 saturated heterocycles. The highest BCUT2D eigenvalue weighted by Gasteiger charge is 2.16. The predicted octanol–water partition coefficient (Wildman–Crippen LogP) is 1.77. The molecule has 2 heterocycles. The van der Waals surface area contributed by atoms with Gasteiger partial charge >= 0.3 is 5.97 Å². The van der Waals surface area contributed by atoms with Crippen molar-refractivity contribution < 1.29 is 9.53 Å². The summed E-state index contributed by atoms with van der Waals surface area (Å²) in [5.41, 5.74) is 0.0114. The number of hydrogen-bond acceptors (Lipinski definition) is 6. The molecule has 8 heteroatoms. The molecule has 0 spiro atoms. The monoisotopic (exact) mass is 331 g/mol. The van der Waals surface area contributed by atoms with Crippen LogP contribution in [0.25, 0.3) is 0 Å². The number of halogens is 1. The molecule has 1 aromatic heterocycles. The molecule has 0 aliphatic carbocycles. The average molecular weight is 332 g/mol. The molecule has 1 atom stereocenters. The summed E-state index contributed by atoms with van der Waals surface area (Å²) < 4.78 is 5.50. The number of hydrogen-bond donors (Lipinski definition) is 1. The molecule has 1 aliphatic rings. The second-order valence-electron chi connectivity index (χ2n) is 4.78. The SMILES string of the molecule is COC(=O)Cn1ncc(NCC2CCCCS2)c(Cl)c1=O. The Hall–Kier alpha value is -1.21. The molecular weight excluding hydrogens is 314 g/mol. The number of nitrogens with one attached hydrogen (secondary N) is 1. The van der Waals surface area contributed by atoms with Crippen LogP contribution in [-0.4, -0.2) is 40.4 Å². The lowest BCUT2D eigenvalue weighted by Crippen LogP contribution is -2.29. The van der Waals surface area contributed by atoms with Crippen LogP contribution in [0, 0.1) is 0 Å². The maximum atomic E-state index is 12.0. The van der Waals surface area contributed by atoms with E-state index in [1.165, 1.54) is 38.3 Å². The van der Waals surface area contributed by atoms with Gasteiger partial charge in [-0.25, -0.2) is 4.68 Å². The van der Waals surface area contributed by atoms with Gasteiger partial charge in [0.05, 0.1) is 19.0 Å². The molecular formula is C13H18ClN3O3S. The summed E-state index contributed by atoms with van der Waals surface area (Å²) in [6.07, 6.45) is 5.15. The van der Waals surface area contributed by atoms with E-state index >= 15 is 0 Å². The topological polar surface area (TPSA) is 73.2 Å². The minimum absolute atomic E-state index is 0.0507. The standard InChI is InChI=1S/C13H18ClN3O3S/c1-20-11(18)8-17-13(19)12(14)10(7-16-17)15-6-9-4-2-3-5-21-9/h7,9,15H,2-6,8H2,1H3. The van der Waals surface area contributed by atoms with Crippen molar-refractivity contribution in [1.29, 1.82) is 0 Å².